The van der Waals surface area contributed by atoms with Crippen molar-refractivity contribution in [1.82, 2.24) is 20.2 Å². The van der Waals surface area contributed by atoms with Crippen LogP contribution in [0.15, 0.2) is 42.6 Å². The number of rotatable bonds is 6. The molecule has 1 aromatic carbocycles. The van der Waals surface area contributed by atoms with Crippen LogP contribution in [0.25, 0.3) is 11.4 Å². The lowest BCUT2D eigenvalue weighted by atomic mass is 10.2. The second-order valence-electron chi connectivity index (χ2n) is 6.59. The van der Waals surface area contributed by atoms with Crippen LogP contribution < -0.4 is 5.32 Å². The average molecular weight is 324 g/mol. The fraction of sp³-hybridized carbons (Fsp3) is 0.474. The van der Waals surface area contributed by atoms with Crippen LogP contribution in [-0.4, -0.2) is 53.3 Å². The Hall–Kier alpha value is -1.82. The first-order valence-corrected chi connectivity index (χ1v) is 8.82. The summed E-state index contributed by atoms with van der Waals surface area (Å²) in [7, 11) is 0. The molecule has 5 heteroatoms. The number of benzene rings is 1. The van der Waals surface area contributed by atoms with Gasteiger partial charge in [-0.3, -0.25) is 4.90 Å². The molecule has 126 valence electrons. The van der Waals surface area contributed by atoms with Gasteiger partial charge >= 0.3 is 0 Å². The Balaban J connectivity index is 1.30. The molecule has 2 heterocycles. The van der Waals surface area contributed by atoms with Gasteiger partial charge < -0.3 is 10.1 Å². The summed E-state index contributed by atoms with van der Waals surface area (Å²) in [5, 5.41) is 3.49. The molecule has 0 amide bonds. The van der Waals surface area contributed by atoms with Crippen molar-refractivity contribution in [3.8, 4) is 11.4 Å². The first-order chi connectivity index (χ1) is 11.9. The number of morpholine rings is 1. The van der Waals surface area contributed by atoms with Crippen molar-refractivity contribution in [2.75, 3.05) is 26.2 Å². The topological polar surface area (TPSA) is 50.3 Å². The monoisotopic (exact) mass is 324 g/mol. The van der Waals surface area contributed by atoms with Gasteiger partial charge in [0.2, 0.25) is 0 Å². The summed E-state index contributed by atoms with van der Waals surface area (Å²) in [6.45, 7) is 4.61. The fourth-order valence-corrected chi connectivity index (χ4v) is 3.22. The molecule has 1 aliphatic heterocycles. The largest absolute Gasteiger partial charge is 0.374 e. The van der Waals surface area contributed by atoms with Crippen LogP contribution in [0.4, 0.5) is 0 Å². The molecule has 2 aliphatic rings. The molecule has 24 heavy (non-hydrogen) atoms. The summed E-state index contributed by atoms with van der Waals surface area (Å²) in [6.07, 6.45) is 4.85. The first kappa shape index (κ1) is 15.7. The Morgan fingerprint density at radius 2 is 2.04 bits per heavy atom. The third-order valence-electron chi connectivity index (χ3n) is 4.66. The van der Waals surface area contributed by atoms with E-state index in [0.29, 0.717) is 0 Å². The summed E-state index contributed by atoms with van der Waals surface area (Å²) in [6, 6.07) is 12.9. The number of nitrogens with one attached hydrogen (secondary N) is 1. The Bertz CT molecular complexity index is 659. The van der Waals surface area contributed by atoms with Crippen molar-refractivity contribution in [2.45, 2.75) is 31.5 Å². The van der Waals surface area contributed by atoms with Crippen molar-refractivity contribution in [1.29, 1.82) is 0 Å². The lowest BCUT2D eigenvalue weighted by Gasteiger charge is -2.33. The van der Waals surface area contributed by atoms with E-state index in [1.807, 2.05) is 42.6 Å². The van der Waals surface area contributed by atoms with Gasteiger partial charge in [0.15, 0.2) is 5.82 Å². The minimum absolute atomic E-state index is 0.287. The summed E-state index contributed by atoms with van der Waals surface area (Å²) in [4.78, 5) is 11.6. The van der Waals surface area contributed by atoms with E-state index >= 15 is 0 Å². The van der Waals surface area contributed by atoms with E-state index in [9.17, 15) is 0 Å². The van der Waals surface area contributed by atoms with E-state index in [4.69, 9.17) is 4.74 Å². The molecule has 1 unspecified atom stereocenters. The number of nitrogens with zero attached hydrogens (tertiary/aromatic N) is 3. The van der Waals surface area contributed by atoms with Crippen molar-refractivity contribution >= 4 is 0 Å². The molecular formula is C19H24N4O. The Morgan fingerprint density at radius 3 is 2.88 bits per heavy atom. The Kier molecular flexibility index (Phi) is 4.83. The summed E-state index contributed by atoms with van der Waals surface area (Å²) in [5.41, 5.74) is 2.06. The highest BCUT2D eigenvalue weighted by Gasteiger charge is 2.32. The third-order valence-corrected chi connectivity index (χ3v) is 4.66. The number of hydrogen-bond acceptors (Lipinski definition) is 5. The molecule has 1 saturated carbocycles. The van der Waals surface area contributed by atoms with E-state index in [1.165, 1.54) is 12.8 Å². The zero-order chi connectivity index (χ0) is 16.2. The maximum atomic E-state index is 5.88. The summed E-state index contributed by atoms with van der Waals surface area (Å²) < 4.78 is 5.88. The van der Waals surface area contributed by atoms with Crippen LogP contribution in [0.5, 0.6) is 0 Å². The number of hydrogen-bond donors (Lipinski definition) is 1. The third kappa shape index (κ3) is 3.98. The molecular weight excluding hydrogens is 300 g/mol. The fourth-order valence-electron chi connectivity index (χ4n) is 3.22. The van der Waals surface area contributed by atoms with Crippen molar-refractivity contribution in [3.05, 3.63) is 48.3 Å². The SMILES string of the molecule is c1ccc(-c2nccc(CNCC3CN(C4CC4)CCO3)n2)cc1. The van der Waals surface area contributed by atoms with Crippen molar-refractivity contribution in [2.24, 2.45) is 0 Å². The minimum Gasteiger partial charge on any atom is -0.374 e. The van der Waals surface area contributed by atoms with Crippen molar-refractivity contribution < 1.29 is 4.74 Å². The predicted molar refractivity (Wildman–Crippen MR) is 93.5 cm³/mol. The van der Waals surface area contributed by atoms with Crippen LogP contribution >= 0.6 is 0 Å². The lowest BCUT2D eigenvalue weighted by molar-refractivity contribution is -0.0301. The van der Waals surface area contributed by atoms with Crippen LogP contribution in [-0.2, 0) is 11.3 Å². The zero-order valence-corrected chi connectivity index (χ0v) is 13.9. The molecule has 0 radical (unpaired) electrons. The van der Waals surface area contributed by atoms with Crippen LogP contribution in [0, 0.1) is 0 Å². The smallest absolute Gasteiger partial charge is 0.159 e. The Morgan fingerprint density at radius 1 is 1.17 bits per heavy atom. The standard InChI is InChI=1S/C19H24N4O/c1-2-4-15(5-3-1)19-21-9-8-16(22-19)12-20-13-18-14-23(10-11-24-18)17-6-7-17/h1-5,8-9,17-18,20H,6-7,10-14H2. The molecule has 1 atom stereocenters. The van der Waals surface area contributed by atoms with Gasteiger partial charge in [-0.05, 0) is 18.9 Å². The van der Waals surface area contributed by atoms with Gasteiger partial charge in [0.05, 0.1) is 18.4 Å². The van der Waals surface area contributed by atoms with E-state index in [1.54, 1.807) is 0 Å². The molecule has 1 aliphatic carbocycles. The quantitative estimate of drug-likeness (QED) is 0.882. The number of aromatic nitrogens is 2. The molecule has 4 rings (SSSR count). The maximum Gasteiger partial charge on any atom is 0.159 e. The molecule has 1 aromatic heterocycles. The van der Waals surface area contributed by atoms with Gasteiger partial charge in [-0.1, -0.05) is 30.3 Å². The molecule has 0 bridgehead atoms. The molecule has 5 nitrogen and oxygen atoms in total. The highest BCUT2D eigenvalue weighted by atomic mass is 16.5. The zero-order valence-electron chi connectivity index (χ0n) is 13.9. The molecule has 1 saturated heterocycles. The minimum atomic E-state index is 0.287. The van der Waals surface area contributed by atoms with Crippen LogP contribution in [0.2, 0.25) is 0 Å². The predicted octanol–water partition coefficient (Wildman–Crippen LogP) is 2.10. The molecule has 1 N–H and O–H groups in total. The van der Waals surface area contributed by atoms with E-state index in [2.05, 4.69) is 20.2 Å². The maximum absolute atomic E-state index is 5.88. The Labute approximate surface area is 143 Å². The van der Waals surface area contributed by atoms with Gasteiger partial charge in [0.1, 0.15) is 0 Å². The second-order valence-corrected chi connectivity index (χ2v) is 6.59. The first-order valence-electron chi connectivity index (χ1n) is 8.82. The number of ether oxygens (including phenoxy) is 1. The average Bonchev–Trinajstić information content (AvgIpc) is 3.48. The molecule has 2 aromatic rings. The highest BCUT2D eigenvalue weighted by Crippen LogP contribution is 2.28. The van der Waals surface area contributed by atoms with Gasteiger partial charge in [0, 0.05) is 44.0 Å². The van der Waals surface area contributed by atoms with Gasteiger partial charge in [-0.15, -0.1) is 0 Å². The van der Waals surface area contributed by atoms with Crippen LogP contribution in [0.3, 0.4) is 0 Å². The lowest BCUT2D eigenvalue weighted by Crippen LogP contribution is -2.47. The molecule has 0 spiro atoms. The van der Waals surface area contributed by atoms with Gasteiger partial charge in [-0.2, -0.15) is 0 Å². The van der Waals surface area contributed by atoms with Crippen LogP contribution in [0.1, 0.15) is 18.5 Å². The van der Waals surface area contributed by atoms with Crippen molar-refractivity contribution in [3.63, 3.8) is 0 Å². The van der Waals surface area contributed by atoms with E-state index in [0.717, 1.165) is 55.9 Å². The summed E-state index contributed by atoms with van der Waals surface area (Å²) in [5.74, 6) is 0.781. The summed E-state index contributed by atoms with van der Waals surface area (Å²) >= 11 is 0. The highest BCUT2D eigenvalue weighted by molar-refractivity contribution is 5.54. The van der Waals surface area contributed by atoms with E-state index < -0.39 is 0 Å². The second kappa shape index (κ2) is 7.38. The van der Waals surface area contributed by atoms with E-state index in [-0.39, 0.29) is 6.10 Å². The van der Waals surface area contributed by atoms with Gasteiger partial charge in [-0.25, -0.2) is 9.97 Å². The van der Waals surface area contributed by atoms with Gasteiger partial charge in [0.25, 0.3) is 0 Å². The molecule has 2 fully saturated rings. The normalized spacial score (nSPS) is 21.8.